The van der Waals surface area contributed by atoms with Crippen LogP contribution in [0, 0.1) is 0 Å². The predicted molar refractivity (Wildman–Crippen MR) is 212 cm³/mol. The van der Waals surface area contributed by atoms with Crippen LogP contribution >= 0.6 is 11.3 Å². The molecule has 57 heavy (non-hydrogen) atoms. The number of hydrogen-bond donors (Lipinski definition) is 4. The fourth-order valence-electron chi connectivity index (χ4n) is 8.04. The molecule has 2 fully saturated rings. The van der Waals surface area contributed by atoms with Gasteiger partial charge in [0.25, 0.3) is 11.8 Å². The first-order chi connectivity index (χ1) is 27.2. The van der Waals surface area contributed by atoms with Crippen molar-refractivity contribution in [1.29, 1.82) is 0 Å². The van der Waals surface area contributed by atoms with Crippen molar-refractivity contribution in [3.05, 3.63) is 106 Å². The van der Waals surface area contributed by atoms with E-state index >= 15 is 0 Å². The summed E-state index contributed by atoms with van der Waals surface area (Å²) in [5.74, 6) is -6.20. The topological polar surface area (TPSA) is 168 Å². The second-order valence-electron chi connectivity index (χ2n) is 15.1. The van der Waals surface area contributed by atoms with Crippen LogP contribution in [-0.4, -0.2) is 70.4 Å². The van der Waals surface area contributed by atoms with E-state index in [9.17, 15) is 37.5 Å². The summed E-state index contributed by atoms with van der Waals surface area (Å²) in [4.78, 5) is 82.3. The SMILES string of the molecule is CC(=O)N[C@H]1CC[C@H](NC(=O)c2cc3cc(C(C)(F)F)ccc3s2)C(=O)N2[C@H](CC[C@H]2C(=O)N[C@@H](CCC(N)=O)C(=O)CC(c2ccccc2)c2ccccc2)C1. The van der Waals surface area contributed by atoms with E-state index in [2.05, 4.69) is 16.0 Å². The quantitative estimate of drug-likeness (QED) is 0.128. The van der Waals surface area contributed by atoms with Gasteiger partial charge in [0.15, 0.2) is 5.78 Å². The molecule has 0 bridgehead atoms. The van der Waals surface area contributed by atoms with E-state index in [0.717, 1.165) is 29.4 Å². The Bertz CT molecular complexity index is 2080. The highest BCUT2D eigenvalue weighted by atomic mass is 32.1. The van der Waals surface area contributed by atoms with Crippen LogP contribution in [0.2, 0.25) is 0 Å². The standard InChI is InChI=1S/C43H47F2N5O6S/c1-25(51)47-30-14-16-34(49-41(55)38-22-28-21-29(43(2,44)45)13-19-37(28)57-38)42(56)50-31(23-30)15-18-35(50)40(54)48-33(17-20-39(46)53)36(52)24-32(26-9-5-3-6-10-26)27-11-7-4-8-12-27/h3-13,19,21-22,30-35H,14-18,20,23-24H2,1-2H3,(H2,46,53)(H,47,51)(H,48,54)(H,49,55)/t30-,31+,33-,34-,35-/m0/s1. The molecule has 1 aromatic heterocycles. The number of primary amides is 1. The summed E-state index contributed by atoms with van der Waals surface area (Å²) in [6, 6.07) is 20.8. The molecule has 5 atom stereocenters. The third kappa shape index (κ3) is 10.1. The summed E-state index contributed by atoms with van der Waals surface area (Å²) in [7, 11) is 0. The van der Waals surface area contributed by atoms with Crippen molar-refractivity contribution in [3.63, 3.8) is 0 Å². The van der Waals surface area contributed by atoms with Crippen LogP contribution in [0.5, 0.6) is 0 Å². The Labute approximate surface area is 333 Å². The molecular weight excluding hydrogens is 753 g/mol. The highest BCUT2D eigenvalue weighted by molar-refractivity contribution is 7.20. The average Bonchev–Trinajstić information content (AvgIpc) is 3.80. The number of nitrogens with one attached hydrogen (secondary N) is 3. The number of carbonyl (C=O) groups is 6. The van der Waals surface area contributed by atoms with Gasteiger partial charge in [0.1, 0.15) is 12.1 Å². The Morgan fingerprint density at radius 3 is 2.18 bits per heavy atom. The first-order valence-corrected chi connectivity index (χ1v) is 20.0. The first kappa shape index (κ1) is 41.1. The number of rotatable bonds is 14. The fourth-order valence-corrected chi connectivity index (χ4v) is 8.99. The minimum absolute atomic E-state index is 0.0279. The van der Waals surface area contributed by atoms with Gasteiger partial charge in [-0.05, 0) is 73.2 Å². The minimum Gasteiger partial charge on any atom is -0.370 e. The van der Waals surface area contributed by atoms with Crippen LogP contribution < -0.4 is 21.7 Å². The lowest BCUT2D eigenvalue weighted by molar-refractivity contribution is -0.143. The maximum absolute atomic E-state index is 14.4. The second kappa shape index (κ2) is 17.7. The highest BCUT2D eigenvalue weighted by Crippen LogP contribution is 2.35. The van der Waals surface area contributed by atoms with Crippen LogP contribution in [0.3, 0.4) is 0 Å². The smallest absolute Gasteiger partial charge is 0.270 e. The van der Waals surface area contributed by atoms with Gasteiger partial charge in [-0.3, -0.25) is 28.8 Å². The number of thiophene rings is 1. The molecule has 5 amide bonds. The number of amides is 5. The molecule has 0 aliphatic carbocycles. The molecule has 300 valence electrons. The second-order valence-corrected chi connectivity index (χ2v) is 16.2. The van der Waals surface area contributed by atoms with Gasteiger partial charge in [0, 0.05) is 55.0 Å². The summed E-state index contributed by atoms with van der Waals surface area (Å²) >= 11 is 1.11. The zero-order chi connectivity index (χ0) is 40.9. The van der Waals surface area contributed by atoms with Gasteiger partial charge in [0.2, 0.25) is 23.6 Å². The van der Waals surface area contributed by atoms with Gasteiger partial charge in [-0.1, -0.05) is 66.7 Å². The van der Waals surface area contributed by atoms with E-state index < -0.39 is 53.7 Å². The third-order valence-corrected chi connectivity index (χ3v) is 12.0. The van der Waals surface area contributed by atoms with Crippen LogP contribution in [0.25, 0.3) is 10.1 Å². The lowest BCUT2D eigenvalue weighted by Gasteiger charge is -2.38. The molecule has 3 aromatic carbocycles. The highest BCUT2D eigenvalue weighted by Gasteiger charge is 2.46. The average molecular weight is 800 g/mol. The van der Waals surface area contributed by atoms with Gasteiger partial charge in [-0.2, -0.15) is 0 Å². The zero-order valence-electron chi connectivity index (χ0n) is 31.8. The van der Waals surface area contributed by atoms with Crippen molar-refractivity contribution in [2.75, 3.05) is 0 Å². The summed E-state index contributed by atoms with van der Waals surface area (Å²) in [5.41, 5.74) is 7.13. The summed E-state index contributed by atoms with van der Waals surface area (Å²) in [6.07, 6.45) is 1.47. The van der Waals surface area contributed by atoms with Crippen molar-refractivity contribution in [1.82, 2.24) is 20.9 Å². The molecule has 5 N–H and O–H groups in total. The minimum atomic E-state index is -3.06. The van der Waals surface area contributed by atoms with Crippen LogP contribution in [0.15, 0.2) is 84.9 Å². The Morgan fingerprint density at radius 1 is 0.895 bits per heavy atom. The van der Waals surface area contributed by atoms with E-state index in [-0.39, 0.29) is 66.2 Å². The number of fused-ring (bicyclic) bond motifs is 2. The molecule has 2 aliphatic heterocycles. The van der Waals surface area contributed by atoms with Crippen molar-refractivity contribution in [2.24, 2.45) is 5.73 Å². The first-order valence-electron chi connectivity index (χ1n) is 19.2. The zero-order valence-corrected chi connectivity index (χ0v) is 32.7. The maximum atomic E-state index is 14.4. The summed E-state index contributed by atoms with van der Waals surface area (Å²) in [6.45, 7) is 2.20. The Kier molecular flexibility index (Phi) is 12.8. The summed E-state index contributed by atoms with van der Waals surface area (Å²) < 4.78 is 28.7. The van der Waals surface area contributed by atoms with Gasteiger partial charge in [0.05, 0.1) is 10.9 Å². The summed E-state index contributed by atoms with van der Waals surface area (Å²) in [5, 5.41) is 9.11. The van der Waals surface area contributed by atoms with Crippen LogP contribution in [0.4, 0.5) is 8.78 Å². The van der Waals surface area contributed by atoms with Gasteiger partial charge in [-0.25, -0.2) is 8.78 Å². The van der Waals surface area contributed by atoms with Crippen LogP contribution in [0.1, 0.15) is 97.5 Å². The lowest BCUT2D eigenvalue weighted by atomic mass is 9.85. The molecule has 0 radical (unpaired) electrons. The number of nitrogens with two attached hydrogens (primary N) is 1. The van der Waals surface area contributed by atoms with E-state index in [4.69, 9.17) is 5.73 Å². The van der Waals surface area contributed by atoms with E-state index in [1.165, 1.54) is 36.1 Å². The van der Waals surface area contributed by atoms with Crippen molar-refractivity contribution < 1.29 is 37.5 Å². The fraction of sp³-hybridized carbons (Fsp3) is 0.395. The molecule has 4 aromatic rings. The molecule has 0 spiro atoms. The molecule has 14 heteroatoms. The lowest BCUT2D eigenvalue weighted by Crippen LogP contribution is -2.59. The van der Waals surface area contributed by atoms with Crippen molar-refractivity contribution in [3.8, 4) is 0 Å². The largest absolute Gasteiger partial charge is 0.370 e. The molecule has 0 saturated carbocycles. The number of halogens is 2. The molecule has 3 heterocycles. The Hall–Kier alpha value is -5.50. The molecule has 2 aliphatic rings. The van der Waals surface area contributed by atoms with Crippen molar-refractivity contribution >= 4 is 56.7 Å². The molecule has 6 rings (SSSR count). The normalized spacial score (nSPS) is 20.3. The molecule has 0 unspecified atom stereocenters. The molecular formula is C43H47F2N5O6S. The van der Waals surface area contributed by atoms with Crippen LogP contribution in [-0.2, 0) is 29.9 Å². The number of hydrogen-bond acceptors (Lipinski definition) is 7. The number of benzene rings is 3. The van der Waals surface area contributed by atoms with E-state index in [1.807, 2.05) is 60.7 Å². The number of ketones is 1. The number of carbonyl (C=O) groups excluding carboxylic acids is 6. The maximum Gasteiger partial charge on any atom is 0.270 e. The Morgan fingerprint density at radius 2 is 1.56 bits per heavy atom. The van der Waals surface area contributed by atoms with Gasteiger partial charge in [-0.15, -0.1) is 11.3 Å². The van der Waals surface area contributed by atoms with E-state index in [1.54, 1.807) is 0 Å². The number of alkyl halides is 2. The number of Topliss-reactive ketones (excluding diaryl/α,β-unsaturated/α-hetero) is 1. The Balaban J connectivity index is 1.24. The molecule has 2 saturated heterocycles. The van der Waals surface area contributed by atoms with Gasteiger partial charge >= 0.3 is 0 Å². The van der Waals surface area contributed by atoms with Gasteiger partial charge < -0.3 is 26.6 Å². The van der Waals surface area contributed by atoms with E-state index in [0.29, 0.717) is 29.3 Å². The predicted octanol–water partition coefficient (Wildman–Crippen LogP) is 5.70. The monoisotopic (exact) mass is 799 g/mol. The molecule has 11 nitrogen and oxygen atoms in total. The van der Waals surface area contributed by atoms with Crippen molar-refractivity contribution in [2.45, 2.75) is 107 Å². The number of nitrogens with zero attached hydrogens (tertiary/aromatic N) is 1. The third-order valence-electron chi connectivity index (χ3n) is 10.9.